The topological polar surface area (TPSA) is 35.2 Å². The van der Waals surface area contributed by atoms with Gasteiger partial charge in [-0.2, -0.15) is 0 Å². The predicted molar refractivity (Wildman–Crippen MR) is 62.4 cm³/mol. The van der Waals surface area contributed by atoms with Crippen molar-refractivity contribution in [2.24, 2.45) is 11.7 Å². The molecule has 0 bridgehead atoms. The minimum absolute atomic E-state index is 0.370. The zero-order valence-electron chi connectivity index (χ0n) is 10.1. The average Bonchev–Trinajstić information content (AvgIpc) is 2.15. The molecule has 0 aromatic carbocycles. The third-order valence-corrected chi connectivity index (χ3v) is 2.46. The molecular formula is C12H27NO. The molecule has 0 amide bonds. The summed E-state index contributed by atoms with van der Waals surface area (Å²) in [5, 5.41) is 0. The molecule has 0 saturated heterocycles. The molecule has 1 unspecified atom stereocenters. The summed E-state index contributed by atoms with van der Waals surface area (Å²) in [6.07, 6.45) is 5.75. The Hall–Kier alpha value is -0.0800. The third kappa shape index (κ3) is 10.0. The molecule has 1 atom stereocenters. The molecule has 0 aromatic rings. The van der Waals surface area contributed by atoms with Crippen LogP contribution >= 0.6 is 0 Å². The van der Waals surface area contributed by atoms with E-state index >= 15 is 0 Å². The molecule has 0 saturated carbocycles. The van der Waals surface area contributed by atoms with Crippen molar-refractivity contribution >= 4 is 0 Å². The smallest absolute Gasteiger partial charge is 0.0466 e. The van der Waals surface area contributed by atoms with E-state index in [1.165, 1.54) is 12.8 Å². The van der Waals surface area contributed by atoms with Gasteiger partial charge < -0.3 is 10.5 Å². The van der Waals surface area contributed by atoms with Crippen LogP contribution in [-0.2, 0) is 4.74 Å². The Morgan fingerprint density at radius 1 is 1.07 bits per heavy atom. The lowest BCUT2D eigenvalue weighted by atomic mass is 10.1. The lowest BCUT2D eigenvalue weighted by molar-refractivity contribution is 0.123. The average molecular weight is 201 g/mol. The fourth-order valence-electron chi connectivity index (χ4n) is 1.35. The minimum Gasteiger partial charge on any atom is -0.381 e. The van der Waals surface area contributed by atoms with Gasteiger partial charge >= 0.3 is 0 Å². The Labute approximate surface area is 89.2 Å². The summed E-state index contributed by atoms with van der Waals surface area (Å²) in [6, 6.07) is 0.370. The van der Waals surface area contributed by atoms with E-state index < -0.39 is 0 Å². The van der Waals surface area contributed by atoms with Gasteiger partial charge in [-0.15, -0.1) is 0 Å². The van der Waals surface area contributed by atoms with Crippen molar-refractivity contribution in [1.82, 2.24) is 0 Å². The van der Waals surface area contributed by atoms with Crippen LogP contribution in [0.4, 0.5) is 0 Å². The molecule has 0 aromatic heterocycles. The lowest BCUT2D eigenvalue weighted by Crippen LogP contribution is -2.18. The first-order valence-corrected chi connectivity index (χ1v) is 6.00. The van der Waals surface area contributed by atoms with Gasteiger partial charge in [-0.1, -0.05) is 20.8 Å². The molecule has 2 heteroatoms. The predicted octanol–water partition coefficient (Wildman–Crippen LogP) is 2.96. The van der Waals surface area contributed by atoms with Gasteiger partial charge in [-0.3, -0.25) is 0 Å². The Balaban J connectivity index is 2.99. The van der Waals surface area contributed by atoms with Gasteiger partial charge in [0.2, 0.25) is 0 Å². The van der Waals surface area contributed by atoms with E-state index in [-0.39, 0.29) is 0 Å². The zero-order chi connectivity index (χ0) is 10.8. The molecule has 14 heavy (non-hydrogen) atoms. The molecule has 0 rings (SSSR count). The first-order chi connectivity index (χ1) is 6.66. The Morgan fingerprint density at radius 2 is 1.64 bits per heavy atom. The first kappa shape index (κ1) is 13.9. The molecule has 86 valence electrons. The van der Waals surface area contributed by atoms with E-state index in [9.17, 15) is 0 Å². The summed E-state index contributed by atoms with van der Waals surface area (Å²) in [7, 11) is 0. The third-order valence-electron chi connectivity index (χ3n) is 2.46. The quantitative estimate of drug-likeness (QED) is 0.582. The molecule has 0 radical (unpaired) electrons. The van der Waals surface area contributed by atoms with E-state index in [4.69, 9.17) is 10.5 Å². The number of hydrogen-bond donors (Lipinski definition) is 1. The summed E-state index contributed by atoms with van der Waals surface area (Å²) in [5.74, 6) is 0.798. The Bertz CT molecular complexity index is 115. The molecule has 2 nitrogen and oxygen atoms in total. The van der Waals surface area contributed by atoms with Gasteiger partial charge in [0.1, 0.15) is 0 Å². The zero-order valence-corrected chi connectivity index (χ0v) is 10.1. The van der Waals surface area contributed by atoms with E-state index in [0.717, 1.165) is 38.4 Å². The number of nitrogens with two attached hydrogens (primary N) is 1. The number of rotatable bonds is 9. The SMILES string of the molecule is CCC(N)CCCOCCCC(C)C. The normalized spacial score (nSPS) is 13.5. The van der Waals surface area contributed by atoms with E-state index in [1.807, 2.05) is 0 Å². The second-order valence-corrected chi connectivity index (χ2v) is 4.46. The van der Waals surface area contributed by atoms with Crippen molar-refractivity contribution < 1.29 is 4.74 Å². The monoisotopic (exact) mass is 201 g/mol. The van der Waals surface area contributed by atoms with Crippen LogP contribution in [0.15, 0.2) is 0 Å². The Kier molecular flexibility index (Phi) is 9.42. The van der Waals surface area contributed by atoms with Crippen LogP contribution in [0.25, 0.3) is 0 Å². The second-order valence-electron chi connectivity index (χ2n) is 4.46. The molecule has 0 fully saturated rings. The van der Waals surface area contributed by atoms with Gasteiger partial charge in [-0.25, -0.2) is 0 Å². The van der Waals surface area contributed by atoms with Crippen molar-refractivity contribution in [2.45, 2.75) is 58.9 Å². The fraction of sp³-hybridized carbons (Fsp3) is 1.00. The van der Waals surface area contributed by atoms with Gasteiger partial charge in [0.05, 0.1) is 0 Å². The van der Waals surface area contributed by atoms with Crippen molar-refractivity contribution in [3.63, 3.8) is 0 Å². The molecule has 2 N–H and O–H groups in total. The van der Waals surface area contributed by atoms with Gasteiger partial charge in [0, 0.05) is 19.3 Å². The minimum atomic E-state index is 0.370. The maximum atomic E-state index is 5.80. The van der Waals surface area contributed by atoms with Crippen LogP contribution in [0.1, 0.15) is 52.9 Å². The van der Waals surface area contributed by atoms with Crippen molar-refractivity contribution in [3.8, 4) is 0 Å². The van der Waals surface area contributed by atoms with E-state index in [1.54, 1.807) is 0 Å². The first-order valence-electron chi connectivity index (χ1n) is 6.00. The molecule has 0 heterocycles. The molecule has 0 aliphatic heterocycles. The second kappa shape index (κ2) is 9.47. The van der Waals surface area contributed by atoms with Crippen LogP contribution < -0.4 is 5.73 Å². The molecule has 0 spiro atoms. The van der Waals surface area contributed by atoms with Crippen LogP contribution in [0, 0.1) is 5.92 Å². The van der Waals surface area contributed by atoms with Crippen LogP contribution in [0.3, 0.4) is 0 Å². The molecule has 0 aliphatic carbocycles. The molecule has 0 aliphatic rings. The lowest BCUT2D eigenvalue weighted by Gasteiger charge is -2.09. The highest BCUT2D eigenvalue weighted by Gasteiger charge is 1.98. The Morgan fingerprint density at radius 3 is 2.14 bits per heavy atom. The largest absolute Gasteiger partial charge is 0.381 e. The van der Waals surface area contributed by atoms with Crippen molar-refractivity contribution in [2.75, 3.05) is 13.2 Å². The van der Waals surface area contributed by atoms with Gasteiger partial charge in [0.15, 0.2) is 0 Å². The highest BCUT2D eigenvalue weighted by atomic mass is 16.5. The van der Waals surface area contributed by atoms with Crippen LogP contribution in [-0.4, -0.2) is 19.3 Å². The van der Waals surface area contributed by atoms with Gasteiger partial charge in [-0.05, 0) is 38.0 Å². The van der Waals surface area contributed by atoms with Crippen LogP contribution in [0.2, 0.25) is 0 Å². The van der Waals surface area contributed by atoms with E-state index in [0.29, 0.717) is 6.04 Å². The highest BCUT2D eigenvalue weighted by molar-refractivity contribution is 4.57. The van der Waals surface area contributed by atoms with E-state index in [2.05, 4.69) is 20.8 Å². The standard InChI is InChI=1S/C12H27NO/c1-4-12(13)8-6-10-14-9-5-7-11(2)3/h11-12H,4-10,13H2,1-3H3. The summed E-state index contributed by atoms with van der Waals surface area (Å²) in [4.78, 5) is 0. The maximum Gasteiger partial charge on any atom is 0.0466 e. The fourth-order valence-corrected chi connectivity index (χ4v) is 1.35. The summed E-state index contributed by atoms with van der Waals surface area (Å²) < 4.78 is 5.52. The summed E-state index contributed by atoms with van der Waals surface area (Å²) in [6.45, 7) is 8.43. The number of ether oxygens (including phenoxy) is 1. The summed E-state index contributed by atoms with van der Waals surface area (Å²) >= 11 is 0. The molecular weight excluding hydrogens is 174 g/mol. The van der Waals surface area contributed by atoms with Gasteiger partial charge in [0.25, 0.3) is 0 Å². The van der Waals surface area contributed by atoms with Crippen molar-refractivity contribution in [1.29, 1.82) is 0 Å². The van der Waals surface area contributed by atoms with Crippen molar-refractivity contribution in [3.05, 3.63) is 0 Å². The van der Waals surface area contributed by atoms with Crippen LogP contribution in [0.5, 0.6) is 0 Å². The number of hydrogen-bond acceptors (Lipinski definition) is 2. The summed E-state index contributed by atoms with van der Waals surface area (Å²) in [5.41, 5.74) is 5.80. The highest BCUT2D eigenvalue weighted by Crippen LogP contribution is 2.04. The maximum absolute atomic E-state index is 5.80.